The van der Waals surface area contributed by atoms with E-state index in [1.54, 1.807) is 12.3 Å². The van der Waals surface area contributed by atoms with Crippen molar-refractivity contribution in [3.8, 4) is 0 Å². The van der Waals surface area contributed by atoms with Crippen LogP contribution in [0.4, 0.5) is 4.79 Å². The van der Waals surface area contributed by atoms with Crippen molar-refractivity contribution in [3.63, 3.8) is 0 Å². The lowest BCUT2D eigenvalue weighted by atomic mass is 10.2. The molecule has 1 aromatic carbocycles. The van der Waals surface area contributed by atoms with Crippen LogP contribution >= 0.6 is 11.6 Å². The third kappa shape index (κ3) is 5.22. The van der Waals surface area contributed by atoms with Gasteiger partial charge in [0.2, 0.25) is 0 Å². The molecule has 0 saturated heterocycles. The zero-order chi connectivity index (χ0) is 15.8. The van der Waals surface area contributed by atoms with E-state index in [1.807, 2.05) is 49.4 Å². The Kier molecular flexibility index (Phi) is 5.98. The van der Waals surface area contributed by atoms with Gasteiger partial charge in [-0.3, -0.25) is 0 Å². The number of halogens is 1. The van der Waals surface area contributed by atoms with Gasteiger partial charge in [-0.15, -0.1) is 0 Å². The fraction of sp³-hybridized carbons (Fsp3) is 0.176. The van der Waals surface area contributed by atoms with Gasteiger partial charge in [-0.25, -0.2) is 9.78 Å². The van der Waals surface area contributed by atoms with E-state index in [9.17, 15) is 4.79 Å². The van der Waals surface area contributed by atoms with Crippen molar-refractivity contribution in [3.05, 3.63) is 70.5 Å². The normalized spacial score (nSPS) is 10.6. The van der Waals surface area contributed by atoms with E-state index >= 15 is 0 Å². The molecule has 0 spiro atoms. The number of nitrogens with zero attached hydrogens (tertiary/aromatic N) is 1. The van der Waals surface area contributed by atoms with Crippen molar-refractivity contribution in [1.82, 2.24) is 10.3 Å². The van der Waals surface area contributed by atoms with Gasteiger partial charge in [-0.2, -0.15) is 0 Å². The molecule has 1 aromatic heterocycles. The molecule has 2 aromatic rings. The standard InChI is InChI=1S/C17H17ClN2O2/c1-13-10-15(16(18)20-11-13)8-5-9-19-17(21)22-12-14-6-3-2-4-7-14/h2-8,10-11H,9,12H2,1H3,(H,19,21). The Hall–Kier alpha value is -2.33. The number of benzene rings is 1. The molecule has 2 rings (SSSR count). The van der Waals surface area contributed by atoms with E-state index in [4.69, 9.17) is 16.3 Å². The van der Waals surface area contributed by atoms with E-state index in [1.165, 1.54) is 0 Å². The molecular weight excluding hydrogens is 300 g/mol. The number of aromatic nitrogens is 1. The highest BCUT2D eigenvalue weighted by molar-refractivity contribution is 6.30. The molecule has 1 N–H and O–H groups in total. The van der Waals surface area contributed by atoms with Crippen molar-refractivity contribution in [1.29, 1.82) is 0 Å². The van der Waals surface area contributed by atoms with Gasteiger partial charge in [0, 0.05) is 18.3 Å². The molecule has 4 nitrogen and oxygen atoms in total. The first-order valence-corrected chi connectivity index (χ1v) is 7.26. The first-order chi connectivity index (χ1) is 10.6. The number of nitrogens with one attached hydrogen (secondary N) is 1. The lowest BCUT2D eigenvalue weighted by Gasteiger charge is -2.05. The van der Waals surface area contributed by atoms with Crippen LogP contribution in [0, 0.1) is 6.92 Å². The van der Waals surface area contributed by atoms with Crippen LogP contribution in [-0.2, 0) is 11.3 Å². The molecule has 0 saturated carbocycles. The minimum atomic E-state index is -0.457. The average Bonchev–Trinajstić information content (AvgIpc) is 2.53. The van der Waals surface area contributed by atoms with E-state index in [0.29, 0.717) is 11.7 Å². The summed E-state index contributed by atoms with van der Waals surface area (Å²) in [6, 6.07) is 11.5. The summed E-state index contributed by atoms with van der Waals surface area (Å²) in [5.74, 6) is 0. The van der Waals surface area contributed by atoms with Gasteiger partial charge in [-0.05, 0) is 24.1 Å². The summed E-state index contributed by atoms with van der Waals surface area (Å²) < 4.78 is 5.10. The maximum Gasteiger partial charge on any atom is 0.407 e. The van der Waals surface area contributed by atoms with Gasteiger partial charge >= 0.3 is 6.09 Å². The molecule has 114 valence electrons. The summed E-state index contributed by atoms with van der Waals surface area (Å²) in [7, 11) is 0. The Bertz CT molecular complexity index is 657. The van der Waals surface area contributed by atoms with Crippen LogP contribution in [0.1, 0.15) is 16.7 Å². The number of pyridine rings is 1. The van der Waals surface area contributed by atoms with Gasteiger partial charge < -0.3 is 10.1 Å². The molecule has 0 fully saturated rings. The number of ether oxygens (including phenoxy) is 1. The molecule has 1 amide bonds. The molecule has 22 heavy (non-hydrogen) atoms. The molecule has 0 aliphatic rings. The van der Waals surface area contributed by atoms with Crippen molar-refractivity contribution >= 4 is 23.8 Å². The van der Waals surface area contributed by atoms with Crippen LogP contribution in [0.2, 0.25) is 5.15 Å². The largest absolute Gasteiger partial charge is 0.445 e. The van der Waals surface area contributed by atoms with E-state index in [0.717, 1.165) is 16.7 Å². The monoisotopic (exact) mass is 316 g/mol. The number of carbonyl (C=O) groups is 1. The summed E-state index contributed by atoms with van der Waals surface area (Å²) >= 11 is 5.98. The molecule has 5 heteroatoms. The predicted octanol–water partition coefficient (Wildman–Crippen LogP) is 3.98. The van der Waals surface area contributed by atoms with Crippen molar-refractivity contribution < 1.29 is 9.53 Å². The van der Waals surface area contributed by atoms with Crippen LogP contribution in [-0.4, -0.2) is 17.6 Å². The smallest absolute Gasteiger partial charge is 0.407 e. The second-order valence-corrected chi connectivity index (χ2v) is 5.10. The SMILES string of the molecule is Cc1cnc(Cl)c(C=CCNC(=O)OCc2ccccc2)c1. The maximum atomic E-state index is 11.5. The Morgan fingerprint density at radius 1 is 1.36 bits per heavy atom. The van der Waals surface area contributed by atoms with Crippen LogP contribution in [0.25, 0.3) is 6.08 Å². The highest BCUT2D eigenvalue weighted by Gasteiger charge is 2.01. The summed E-state index contributed by atoms with van der Waals surface area (Å²) in [4.78, 5) is 15.6. The summed E-state index contributed by atoms with van der Waals surface area (Å²) in [5.41, 5.74) is 2.80. The minimum Gasteiger partial charge on any atom is -0.445 e. The van der Waals surface area contributed by atoms with Crippen molar-refractivity contribution in [2.75, 3.05) is 6.54 Å². The second-order valence-electron chi connectivity index (χ2n) is 4.74. The number of amides is 1. The van der Waals surface area contributed by atoms with E-state index < -0.39 is 6.09 Å². The number of aryl methyl sites for hydroxylation is 1. The van der Waals surface area contributed by atoms with Gasteiger partial charge in [-0.1, -0.05) is 54.1 Å². The van der Waals surface area contributed by atoms with E-state index in [2.05, 4.69) is 10.3 Å². The van der Waals surface area contributed by atoms with Gasteiger partial charge in [0.25, 0.3) is 0 Å². The predicted molar refractivity (Wildman–Crippen MR) is 87.6 cm³/mol. The van der Waals surface area contributed by atoms with E-state index in [-0.39, 0.29) is 6.61 Å². The number of hydrogen-bond acceptors (Lipinski definition) is 3. The quantitative estimate of drug-likeness (QED) is 0.849. The first kappa shape index (κ1) is 16.0. The Morgan fingerprint density at radius 3 is 2.91 bits per heavy atom. The molecule has 0 radical (unpaired) electrons. The van der Waals surface area contributed by atoms with Crippen molar-refractivity contribution in [2.45, 2.75) is 13.5 Å². The fourth-order valence-corrected chi connectivity index (χ4v) is 1.96. The topological polar surface area (TPSA) is 51.2 Å². The Labute approximate surface area is 134 Å². The number of hydrogen-bond donors (Lipinski definition) is 1. The zero-order valence-electron chi connectivity index (χ0n) is 12.3. The summed E-state index contributed by atoms with van der Waals surface area (Å²) in [6.45, 7) is 2.56. The molecule has 0 aliphatic carbocycles. The third-order valence-corrected chi connectivity index (χ3v) is 3.19. The highest BCUT2D eigenvalue weighted by Crippen LogP contribution is 2.15. The zero-order valence-corrected chi connectivity index (χ0v) is 13.0. The number of carbonyl (C=O) groups excluding carboxylic acids is 1. The molecule has 1 heterocycles. The average molecular weight is 317 g/mol. The van der Waals surface area contributed by atoms with Gasteiger partial charge in [0.1, 0.15) is 11.8 Å². The van der Waals surface area contributed by atoms with Crippen LogP contribution in [0.3, 0.4) is 0 Å². The summed E-state index contributed by atoms with van der Waals surface area (Å²) in [5, 5.41) is 3.08. The molecule has 0 unspecified atom stereocenters. The molecule has 0 bridgehead atoms. The lowest BCUT2D eigenvalue weighted by molar-refractivity contribution is 0.141. The van der Waals surface area contributed by atoms with Gasteiger partial charge in [0.15, 0.2) is 0 Å². The fourth-order valence-electron chi connectivity index (χ4n) is 1.79. The molecular formula is C17H17ClN2O2. The van der Waals surface area contributed by atoms with Crippen LogP contribution in [0.15, 0.2) is 48.7 Å². The Morgan fingerprint density at radius 2 is 2.14 bits per heavy atom. The molecule has 0 aliphatic heterocycles. The first-order valence-electron chi connectivity index (χ1n) is 6.88. The van der Waals surface area contributed by atoms with Crippen molar-refractivity contribution in [2.24, 2.45) is 0 Å². The van der Waals surface area contributed by atoms with Crippen LogP contribution < -0.4 is 5.32 Å². The third-order valence-electron chi connectivity index (χ3n) is 2.88. The second kappa shape index (κ2) is 8.20. The molecule has 0 atom stereocenters. The highest BCUT2D eigenvalue weighted by atomic mass is 35.5. The summed E-state index contributed by atoms with van der Waals surface area (Å²) in [6.07, 6.45) is 4.87. The lowest BCUT2D eigenvalue weighted by Crippen LogP contribution is -2.24. The minimum absolute atomic E-state index is 0.254. The Balaban J connectivity index is 1.75. The number of alkyl carbamates (subject to hydrolysis) is 1. The number of rotatable bonds is 5. The van der Waals surface area contributed by atoms with Crippen LogP contribution in [0.5, 0.6) is 0 Å². The van der Waals surface area contributed by atoms with Gasteiger partial charge in [0.05, 0.1) is 0 Å². The maximum absolute atomic E-state index is 11.5.